The second-order valence-electron chi connectivity index (χ2n) is 5.64. The van der Waals surface area contributed by atoms with Gasteiger partial charge in [-0.2, -0.15) is 4.37 Å². The van der Waals surface area contributed by atoms with Crippen molar-refractivity contribution < 1.29 is 9.53 Å². The topological polar surface area (TPSA) is 70.6 Å². The van der Waals surface area contributed by atoms with Gasteiger partial charge in [0.1, 0.15) is 5.82 Å². The number of anilines is 1. The summed E-state index contributed by atoms with van der Waals surface area (Å²) in [6.07, 6.45) is 1.39. The molecule has 1 aromatic heterocycles. The predicted octanol–water partition coefficient (Wildman–Crippen LogP) is 0.128. The van der Waals surface area contributed by atoms with Crippen LogP contribution < -0.4 is 10.2 Å². The number of carbonyl (C=O) groups is 1. The average molecular weight is 325 g/mol. The van der Waals surface area contributed by atoms with Crippen LogP contribution in [0.25, 0.3) is 0 Å². The van der Waals surface area contributed by atoms with Gasteiger partial charge in [0.05, 0.1) is 13.2 Å². The molecule has 8 heteroatoms. The van der Waals surface area contributed by atoms with E-state index in [4.69, 9.17) is 4.74 Å². The van der Waals surface area contributed by atoms with E-state index in [1.165, 1.54) is 11.5 Å². The normalized spacial score (nSPS) is 22.9. The molecule has 22 heavy (non-hydrogen) atoms. The third-order valence-corrected chi connectivity index (χ3v) is 4.91. The first-order valence-electron chi connectivity index (χ1n) is 7.92. The molecular formula is C14H23N5O2S. The molecule has 0 saturated carbocycles. The molecule has 0 aliphatic carbocycles. The lowest BCUT2D eigenvalue weighted by Gasteiger charge is -2.35. The average Bonchev–Trinajstić information content (AvgIpc) is 3.05. The third-order valence-electron chi connectivity index (χ3n) is 4.10. The number of amides is 1. The molecule has 1 N–H and O–H groups in total. The van der Waals surface area contributed by atoms with Gasteiger partial charge in [-0.3, -0.25) is 4.79 Å². The smallest absolute Gasteiger partial charge is 0.224 e. The number of nitrogens with one attached hydrogen (secondary N) is 1. The number of nitrogens with zero attached hydrogens (tertiary/aromatic N) is 4. The number of carbonyl (C=O) groups excluding carboxylic acids is 1. The van der Waals surface area contributed by atoms with Crippen LogP contribution in [0.5, 0.6) is 0 Å². The molecule has 2 fully saturated rings. The van der Waals surface area contributed by atoms with Crippen molar-refractivity contribution in [1.29, 1.82) is 0 Å². The van der Waals surface area contributed by atoms with Gasteiger partial charge in [-0.1, -0.05) is 6.92 Å². The van der Waals surface area contributed by atoms with Crippen LogP contribution in [0.15, 0.2) is 0 Å². The van der Waals surface area contributed by atoms with Crippen molar-refractivity contribution in [2.45, 2.75) is 25.8 Å². The number of aryl methyl sites for hydroxylation is 1. The molecule has 3 rings (SSSR count). The fourth-order valence-electron chi connectivity index (χ4n) is 2.75. The van der Waals surface area contributed by atoms with Crippen LogP contribution in [-0.2, 0) is 16.0 Å². The molecule has 3 heterocycles. The molecule has 7 nitrogen and oxygen atoms in total. The SMILES string of the molecule is CCc1nsc(N2CCN(C(=O)CC3COCCN3)CC2)n1. The molecule has 1 amide bonds. The third kappa shape index (κ3) is 3.74. The van der Waals surface area contributed by atoms with Crippen LogP contribution in [-0.4, -0.2) is 72.1 Å². The Balaban J connectivity index is 1.47. The van der Waals surface area contributed by atoms with Gasteiger partial charge in [0.15, 0.2) is 0 Å². The zero-order valence-electron chi connectivity index (χ0n) is 13.0. The highest BCUT2D eigenvalue weighted by atomic mass is 32.1. The quantitative estimate of drug-likeness (QED) is 0.848. The number of aromatic nitrogens is 2. The van der Waals surface area contributed by atoms with E-state index in [-0.39, 0.29) is 11.9 Å². The minimum Gasteiger partial charge on any atom is -0.378 e. The minimum absolute atomic E-state index is 0.162. The van der Waals surface area contributed by atoms with Crippen molar-refractivity contribution in [1.82, 2.24) is 19.6 Å². The van der Waals surface area contributed by atoms with Crippen molar-refractivity contribution in [3.63, 3.8) is 0 Å². The summed E-state index contributed by atoms with van der Waals surface area (Å²) in [4.78, 5) is 21.0. The number of morpholine rings is 1. The number of ether oxygens (including phenoxy) is 1. The molecule has 1 aromatic rings. The van der Waals surface area contributed by atoms with E-state index in [9.17, 15) is 4.79 Å². The summed E-state index contributed by atoms with van der Waals surface area (Å²) in [6.45, 7) is 7.45. The molecule has 0 aromatic carbocycles. The second kappa shape index (κ2) is 7.34. The van der Waals surface area contributed by atoms with Gasteiger partial charge in [0.2, 0.25) is 11.0 Å². The van der Waals surface area contributed by atoms with Gasteiger partial charge >= 0.3 is 0 Å². The molecule has 2 aliphatic rings. The van der Waals surface area contributed by atoms with Crippen molar-refractivity contribution >= 4 is 22.6 Å². The molecule has 0 radical (unpaired) electrons. The highest BCUT2D eigenvalue weighted by Crippen LogP contribution is 2.19. The number of piperazine rings is 1. The van der Waals surface area contributed by atoms with Crippen LogP contribution in [0.4, 0.5) is 5.13 Å². The van der Waals surface area contributed by atoms with E-state index in [2.05, 4.69) is 26.5 Å². The number of rotatable bonds is 4. The molecule has 0 bridgehead atoms. The van der Waals surface area contributed by atoms with E-state index in [0.29, 0.717) is 13.0 Å². The Labute approximate surface area is 134 Å². The maximum atomic E-state index is 12.3. The van der Waals surface area contributed by atoms with E-state index in [1.807, 2.05) is 4.90 Å². The van der Waals surface area contributed by atoms with Gasteiger partial charge in [0.25, 0.3) is 0 Å². The summed E-state index contributed by atoms with van der Waals surface area (Å²) in [5, 5.41) is 4.31. The summed E-state index contributed by atoms with van der Waals surface area (Å²) in [5.41, 5.74) is 0. The molecule has 0 spiro atoms. The predicted molar refractivity (Wildman–Crippen MR) is 85.3 cm³/mol. The summed E-state index contributed by atoms with van der Waals surface area (Å²) in [5.74, 6) is 1.12. The van der Waals surface area contributed by atoms with Crippen LogP contribution in [0.1, 0.15) is 19.2 Å². The van der Waals surface area contributed by atoms with Gasteiger partial charge in [-0.05, 0) is 0 Å². The maximum Gasteiger partial charge on any atom is 0.224 e. The molecule has 2 aliphatic heterocycles. The summed E-state index contributed by atoms with van der Waals surface area (Å²) < 4.78 is 9.73. The van der Waals surface area contributed by atoms with Crippen LogP contribution >= 0.6 is 11.5 Å². The largest absolute Gasteiger partial charge is 0.378 e. The maximum absolute atomic E-state index is 12.3. The Kier molecular flexibility index (Phi) is 5.22. The van der Waals surface area contributed by atoms with Crippen molar-refractivity contribution in [3.8, 4) is 0 Å². The Morgan fingerprint density at radius 1 is 1.41 bits per heavy atom. The fourth-order valence-corrected chi connectivity index (χ4v) is 3.56. The summed E-state index contributed by atoms with van der Waals surface area (Å²) >= 11 is 1.45. The van der Waals surface area contributed by atoms with Gasteiger partial charge < -0.3 is 19.9 Å². The molecule has 2 saturated heterocycles. The van der Waals surface area contributed by atoms with Crippen molar-refractivity contribution in [3.05, 3.63) is 5.82 Å². The lowest BCUT2D eigenvalue weighted by atomic mass is 10.1. The highest BCUT2D eigenvalue weighted by molar-refractivity contribution is 7.09. The highest BCUT2D eigenvalue weighted by Gasteiger charge is 2.25. The van der Waals surface area contributed by atoms with Crippen molar-refractivity contribution in [2.75, 3.05) is 50.8 Å². The van der Waals surface area contributed by atoms with E-state index in [0.717, 1.165) is 56.7 Å². The Morgan fingerprint density at radius 3 is 2.86 bits per heavy atom. The van der Waals surface area contributed by atoms with Gasteiger partial charge in [0, 0.05) is 63.1 Å². The zero-order chi connectivity index (χ0) is 15.4. The summed E-state index contributed by atoms with van der Waals surface area (Å²) in [7, 11) is 0. The molecule has 1 unspecified atom stereocenters. The standard InChI is InChI=1S/C14H23N5O2S/c1-2-12-16-14(22-17-12)19-6-4-18(5-7-19)13(20)9-11-10-21-8-3-15-11/h11,15H,2-10H2,1H3. The number of hydrogen-bond donors (Lipinski definition) is 1. The van der Waals surface area contributed by atoms with Crippen LogP contribution in [0, 0.1) is 0 Å². The van der Waals surface area contributed by atoms with Crippen molar-refractivity contribution in [2.24, 2.45) is 0 Å². The first kappa shape index (κ1) is 15.6. The Morgan fingerprint density at radius 2 is 2.23 bits per heavy atom. The monoisotopic (exact) mass is 325 g/mol. The Hall–Kier alpha value is -1.25. The summed E-state index contributed by atoms with van der Waals surface area (Å²) in [6, 6.07) is 0.162. The first-order valence-corrected chi connectivity index (χ1v) is 8.70. The van der Waals surface area contributed by atoms with Gasteiger partial charge in [-0.25, -0.2) is 4.98 Å². The first-order chi connectivity index (χ1) is 10.8. The van der Waals surface area contributed by atoms with Crippen LogP contribution in [0.3, 0.4) is 0 Å². The molecule has 122 valence electrons. The lowest BCUT2D eigenvalue weighted by molar-refractivity contribution is -0.132. The zero-order valence-corrected chi connectivity index (χ0v) is 13.8. The van der Waals surface area contributed by atoms with E-state index < -0.39 is 0 Å². The molecular weight excluding hydrogens is 302 g/mol. The number of hydrogen-bond acceptors (Lipinski definition) is 7. The molecule has 1 atom stereocenters. The second-order valence-corrected chi connectivity index (χ2v) is 6.37. The minimum atomic E-state index is 0.162. The lowest BCUT2D eigenvalue weighted by Crippen LogP contribution is -2.51. The Bertz CT molecular complexity index is 495. The van der Waals surface area contributed by atoms with E-state index in [1.54, 1.807) is 0 Å². The van der Waals surface area contributed by atoms with Gasteiger partial charge in [-0.15, -0.1) is 0 Å². The fraction of sp³-hybridized carbons (Fsp3) is 0.786. The van der Waals surface area contributed by atoms with E-state index >= 15 is 0 Å². The van der Waals surface area contributed by atoms with Crippen LogP contribution in [0.2, 0.25) is 0 Å².